The smallest absolute Gasteiger partial charge is 0.320 e. The molecule has 0 bridgehead atoms. The Kier molecular flexibility index (Phi) is 4.35. The number of aliphatic hydroxyl groups is 1. The average Bonchev–Trinajstić information content (AvgIpc) is 2.19. The molecule has 0 aromatic heterocycles. The summed E-state index contributed by atoms with van der Waals surface area (Å²) in [5.41, 5.74) is 5.36. The summed E-state index contributed by atoms with van der Waals surface area (Å²) in [6.45, 7) is 0. The molecule has 1 saturated carbocycles. The standard InChI is InChI=1S/C10H19NO3/c11-8(10(13)14)6-9(12)7-4-2-1-3-5-7/h7-9,12H,1-6,11H2,(H,13,14)/t8-,9+/m1/s1. The van der Waals surface area contributed by atoms with Crippen molar-refractivity contribution in [3.05, 3.63) is 0 Å². The zero-order chi connectivity index (χ0) is 10.6. The highest BCUT2D eigenvalue weighted by Crippen LogP contribution is 2.27. The lowest BCUT2D eigenvalue weighted by molar-refractivity contribution is -0.139. The van der Waals surface area contributed by atoms with Gasteiger partial charge in [0, 0.05) is 0 Å². The molecule has 0 spiro atoms. The van der Waals surface area contributed by atoms with Crippen molar-refractivity contribution in [2.75, 3.05) is 0 Å². The molecule has 1 aliphatic rings. The molecule has 2 atom stereocenters. The second-order valence-corrected chi connectivity index (χ2v) is 4.15. The van der Waals surface area contributed by atoms with Crippen LogP contribution in [0.1, 0.15) is 38.5 Å². The van der Waals surface area contributed by atoms with Crippen molar-refractivity contribution in [1.82, 2.24) is 0 Å². The summed E-state index contributed by atoms with van der Waals surface area (Å²) in [4.78, 5) is 10.5. The van der Waals surface area contributed by atoms with E-state index in [1.54, 1.807) is 0 Å². The number of carbonyl (C=O) groups is 1. The summed E-state index contributed by atoms with van der Waals surface area (Å²) in [7, 11) is 0. The third kappa shape index (κ3) is 3.27. The Balaban J connectivity index is 2.32. The molecule has 0 saturated heterocycles. The van der Waals surface area contributed by atoms with Crippen LogP contribution in [0.2, 0.25) is 0 Å². The van der Waals surface area contributed by atoms with Crippen LogP contribution < -0.4 is 5.73 Å². The van der Waals surface area contributed by atoms with E-state index in [1.807, 2.05) is 0 Å². The molecule has 1 aliphatic carbocycles. The van der Waals surface area contributed by atoms with E-state index in [0.29, 0.717) is 0 Å². The van der Waals surface area contributed by atoms with E-state index in [1.165, 1.54) is 6.42 Å². The number of hydrogen-bond donors (Lipinski definition) is 3. The molecule has 14 heavy (non-hydrogen) atoms. The summed E-state index contributed by atoms with van der Waals surface area (Å²) < 4.78 is 0. The molecule has 4 heteroatoms. The van der Waals surface area contributed by atoms with Gasteiger partial charge in [0.05, 0.1) is 6.10 Å². The lowest BCUT2D eigenvalue weighted by Gasteiger charge is -2.27. The number of rotatable bonds is 4. The van der Waals surface area contributed by atoms with Gasteiger partial charge >= 0.3 is 5.97 Å². The Morgan fingerprint density at radius 2 is 1.93 bits per heavy atom. The highest BCUT2D eigenvalue weighted by molar-refractivity contribution is 5.73. The topological polar surface area (TPSA) is 83.5 Å². The van der Waals surface area contributed by atoms with Crippen molar-refractivity contribution in [2.45, 2.75) is 50.7 Å². The largest absolute Gasteiger partial charge is 0.480 e. The van der Waals surface area contributed by atoms with Gasteiger partial charge in [0.1, 0.15) is 6.04 Å². The predicted octanol–water partition coefficient (Wildman–Crippen LogP) is 0.730. The maximum atomic E-state index is 10.5. The van der Waals surface area contributed by atoms with Crippen molar-refractivity contribution < 1.29 is 15.0 Å². The second kappa shape index (κ2) is 5.32. The van der Waals surface area contributed by atoms with E-state index < -0.39 is 18.1 Å². The molecule has 4 N–H and O–H groups in total. The number of hydrogen-bond acceptors (Lipinski definition) is 3. The number of nitrogens with two attached hydrogens (primary N) is 1. The molecule has 0 aromatic carbocycles. The monoisotopic (exact) mass is 201 g/mol. The first-order valence-corrected chi connectivity index (χ1v) is 5.27. The first kappa shape index (κ1) is 11.5. The minimum absolute atomic E-state index is 0.181. The van der Waals surface area contributed by atoms with Crippen LogP contribution in [0.4, 0.5) is 0 Å². The molecule has 0 unspecified atom stereocenters. The third-order valence-corrected chi connectivity index (χ3v) is 3.01. The molecule has 4 nitrogen and oxygen atoms in total. The molecule has 1 fully saturated rings. The SMILES string of the molecule is N[C@H](C[C@H](O)C1CCCCC1)C(=O)O. The van der Waals surface area contributed by atoms with E-state index in [0.717, 1.165) is 25.7 Å². The summed E-state index contributed by atoms with van der Waals surface area (Å²) >= 11 is 0. The van der Waals surface area contributed by atoms with Crippen molar-refractivity contribution in [3.63, 3.8) is 0 Å². The number of carboxylic acid groups (broad SMARTS) is 1. The Morgan fingerprint density at radius 1 is 1.36 bits per heavy atom. The highest BCUT2D eigenvalue weighted by Gasteiger charge is 2.25. The molecule has 0 amide bonds. The molecule has 0 heterocycles. The molecular formula is C10H19NO3. The Hall–Kier alpha value is -0.610. The molecule has 1 rings (SSSR count). The van der Waals surface area contributed by atoms with Gasteiger partial charge < -0.3 is 15.9 Å². The summed E-state index contributed by atoms with van der Waals surface area (Å²) in [5.74, 6) is -0.769. The Bertz CT molecular complexity index is 190. The zero-order valence-electron chi connectivity index (χ0n) is 8.35. The minimum Gasteiger partial charge on any atom is -0.480 e. The Labute approximate surface area is 84.1 Å². The van der Waals surface area contributed by atoms with Crippen molar-refractivity contribution in [2.24, 2.45) is 11.7 Å². The van der Waals surface area contributed by atoms with Gasteiger partial charge in [-0.2, -0.15) is 0 Å². The number of aliphatic carboxylic acids is 1. The van der Waals surface area contributed by atoms with Gasteiger partial charge in [-0.15, -0.1) is 0 Å². The van der Waals surface area contributed by atoms with Crippen molar-refractivity contribution in [1.29, 1.82) is 0 Å². The van der Waals surface area contributed by atoms with Gasteiger partial charge in [0.15, 0.2) is 0 Å². The number of aliphatic hydroxyl groups excluding tert-OH is 1. The summed E-state index contributed by atoms with van der Waals surface area (Å²) in [5, 5.41) is 18.3. The molecule has 82 valence electrons. The van der Waals surface area contributed by atoms with Gasteiger partial charge in [0.2, 0.25) is 0 Å². The van der Waals surface area contributed by atoms with Gasteiger partial charge in [-0.05, 0) is 25.2 Å². The summed E-state index contributed by atoms with van der Waals surface area (Å²) in [6, 6.07) is -0.924. The Morgan fingerprint density at radius 3 is 2.43 bits per heavy atom. The zero-order valence-corrected chi connectivity index (χ0v) is 8.35. The first-order valence-electron chi connectivity index (χ1n) is 5.27. The van der Waals surface area contributed by atoms with Gasteiger partial charge in [-0.1, -0.05) is 19.3 Å². The van der Waals surface area contributed by atoms with E-state index in [-0.39, 0.29) is 12.3 Å². The fraction of sp³-hybridized carbons (Fsp3) is 0.900. The van der Waals surface area contributed by atoms with E-state index >= 15 is 0 Å². The maximum absolute atomic E-state index is 10.5. The molecule has 0 radical (unpaired) electrons. The van der Waals surface area contributed by atoms with Crippen LogP contribution in [0.3, 0.4) is 0 Å². The normalized spacial score (nSPS) is 23.0. The second-order valence-electron chi connectivity index (χ2n) is 4.15. The van der Waals surface area contributed by atoms with Crippen LogP contribution in [-0.2, 0) is 4.79 Å². The van der Waals surface area contributed by atoms with Gasteiger partial charge in [0.25, 0.3) is 0 Å². The average molecular weight is 201 g/mol. The molecule has 0 aliphatic heterocycles. The number of carboxylic acids is 1. The van der Waals surface area contributed by atoms with Crippen molar-refractivity contribution >= 4 is 5.97 Å². The maximum Gasteiger partial charge on any atom is 0.320 e. The van der Waals surface area contributed by atoms with Crippen LogP contribution in [0, 0.1) is 5.92 Å². The van der Waals surface area contributed by atoms with E-state index in [9.17, 15) is 9.90 Å². The molecule has 0 aromatic rings. The predicted molar refractivity (Wildman–Crippen MR) is 52.8 cm³/mol. The fourth-order valence-electron chi connectivity index (χ4n) is 2.07. The lowest BCUT2D eigenvalue weighted by atomic mass is 9.83. The van der Waals surface area contributed by atoms with Gasteiger partial charge in [-0.3, -0.25) is 4.79 Å². The first-order chi connectivity index (χ1) is 6.61. The minimum atomic E-state index is -1.03. The van der Waals surface area contributed by atoms with Gasteiger partial charge in [-0.25, -0.2) is 0 Å². The van der Waals surface area contributed by atoms with E-state index in [4.69, 9.17) is 10.8 Å². The van der Waals surface area contributed by atoms with Crippen LogP contribution in [0.5, 0.6) is 0 Å². The van der Waals surface area contributed by atoms with Crippen molar-refractivity contribution in [3.8, 4) is 0 Å². The van der Waals surface area contributed by atoms with Crippen LogP contribution in [0.25, 0.3) is 0 Å². The highest BCUT2D eigenvalue weighted by atomic mass is 16.4. The summed E-state index contributed by atoms with van der Waals surface area (Å²) in [6.07, 6.45) is 5.17. The third-order valence-electron chi connectivity index (χ3n) is 3.01. The fourth-order valence-corrected chi connectivity index (χ4v) is 2.07. The van der Waals surface area contributed by atoms with Crippen LogP contribution in [-0.4, -0.2) is 28.3 Å². The van der Waals surface area contributed by atoms with E-state index in [2.05, 4.69) is 0 Å². The quantitative estimate of drug-likeness (QED) is 0.626. The van der Waals surface area contributed by atoms with Crippen LogP contribution in [0.15, 0.2) is 0 Å². The lowest BCUT2D eigenvalue weighted by Crippen LogP contribution is -2.37. The van der Waals surface area contributed by atoms with Crippen LogP contribution >= 0.6 is 0 Å². The molecular weight excluding hydrogens is 182 g/mol.